The highest BCUT2D eigenvalue weighted by Crippen LogP contribution is 2.08. The fraction of sp³-hybridized carbons (Fsp3) is 0.455. The van der Waals surface area contributed by atoms with Crippen molar-refractivity contribution in [3.05, 3.63) is 29.0 Å². The average molecular weight is 227 g/mol. The third kappa shape index (κ3) is 4.30. The van der Waals surface area contributed by atoms with E-state index in [1.807, 2.05) is 6.92 Å². The van der Waals surface area contributed by atoms with E-state index < -0.39 is 0 Å². The van der Waals surface area contributed by atoms with Gasteiger partial charge in [-0.25, -0.2) is 9.97 Å². The first-order chi connectivity index (χ1) is 7.24. The standard InChI is InChI=1S/C11H15ClN2O/c1-3-4-6-15-7-5-10-9(2)8-13-11(12)14-10/h5,7-8H,3-4,6H2,1-2H3. The first-order valence-electron chi connectivity index (χ1n) is 5.01. The molecule has 1 aromatic heterocycles. The molecule has 0 bridgehead atoms. The lowest BCUT2D eigenvalue weighted by molar-refractivity contribution is 0.246. The van der Waals surface area contributed by atoms with E-state index in [9.17, 15) is 0 Å². The van der Waals surface area contributed by atoms with E-state index in [-0.39, 0.29) is 5.28 Å². The van der Waals surface area contributed by atoms with Gasteiger partial charge in [-0.2, -0.15) is 0 Å². The smallest absolute Gasteiger partial charge is 0.222 e. The van der Waals surface area contributed by atoms with Gasteiger partial charge < -0.3 is 4.74 Å². The Bertz CT molecular complexity index is 339. The van der Waals surface area contributed by atoms with Crippen molar-refractivity contribution >= 4 is 17.7 Å². The molecule has 0 aliphatic heterocycles. The maximum Gasteiger partial charge on any atom is 0.222 e. The molecular weight excluding hydrogens is 212 g/mol. The summed E-state index contributed by atoms with van der Waals surface area (Å²) in [5.41, 5.74) is 1.78. The van der Waals surface area contributed by atoms with Gasteiger partial charge in [0.05, 0.1) is 18.6 Å². The monoisotopic (exact) mass is 226 g/mol. The summed E-state index contributed by atoms with van der Waals surface area (Å²) in [7, 11) is 0. The van der Waals surface area contributed by atoms with E-state index in [0.29, 0.717) is 0 Å². The van der Waals surface area contributed by atoms with Crippen molar-refractivity contribution in [1.29, 1.82) is 0 Å². The Morgan fingerprint density at radius 1 is 1.53 bits per heavy atom. The van der Waals surface area contributed by atoms with Crippen LogP contribution in [-0.4, -0.2) is 16.6 Å². The molecule has 0 aliphatic rings. The second-order valence-electron chi connectivity index (χ2n) is 3.23. The van der Waals surface area contributed by atoms with Gasteiger partial charge in [0.15, 0.2) is 0 Å². The van der Waals surface area contributed by atoms with Crippen LogP contribution in [0.15, 0.2) is 12.5 Å². The number of aromatic nitrogens is 2. The molecule has 4 heteroatoms. The molecule has 0 atom stereocenters. The highest BCUT2D eigenvalue weighted by molar-refractivity contribution is 6.28. The summed E-state index contributed by atoms with van der Waals surface area (Å²) in [5, 5.41) is 0.258. The molecule has 1 heterocycles. The topological polar surface area (TPSA) is 35.0 Å². The lowest BCUT2D eigenvalue weighted by atomic mass is 10.2. The molecule has 0 amide bonds. The van der Waals surface area contributed by atoms with E-state index in [1.165, 1.54) is 0 Å². The quantitative estimate of drug-likeness (QED) is 0.439. The minimum absolute atomic E-state index is 0.258. The molecule has 0 saturated heterocycles. The molecule has 82 valence electrons. The molecule has 0 saturated carbocycles. The van der Waals surface area contributed by atoms with Gasteiger partial charge in [-0.15, -0.1) is 0 Å². The summed E-state index contributed by atoms with van der Waals surface area (Å²) in [5.74, 6) is 0. The fourth-order valence-corrected chi connectivity index (χ4v) is 1.15. The van der Waals surface area contributed by atoms with Gasteiger partial charge in [0, 0.05) is 6.20 Å². The molecule has 0 unspecified atom stereocenters. The number of halogens is 1. The molecule has 1 rings (SSSR count). The van der Waals surface area contributed by atoms with Crippen LogP contribution in [0.1, 0.15) is 31.0 Å². The number of unbranched alkanes of at least 4 members (excludes halogenated alkanes) is 1. The zero-order valence-electron chi connectivity index (χ0n) is 9.03. The molecule has 0 aromatic carbocycles. The summed E-state index contributed by atoms with van der Waals surface area (Å²) in [4.78, 5) is 7.95. The first-order valence-corrected chi connectivity index (χ1v) is 5.39. The third-order valence-corrected chi connectivity index (χ3v) is 2.10. The number of ether oxygens (including phenoxy) is 1. The summed E-state index contributed by atoms with van der Waals surface area (Å²) in [6, 6.07) is 0. The zero-order valence-corrected chi connectivity index (χ0v) is 9.79. The zero-order chi connectivity index (χ0) is 11.1. The van der Waals surface area contributed by atoms with Crippen molar-refractivity contribution in [3.8, 4) is 0 Å². The Morgan fingerprint density at radius 3 is 3.07 bits per heavy atom. The van der Waals surface area contributed by atoms with Crippen LogP contribution in [0.25, 0.3) is 6.08 Å². The second-order valence-corrected chi connectivity index (χ2v) is 3.57. The van der Waals surface area contributed by atoms with Crippen molar-refractivity contribution in [2.75, 3.05) is 6.61 Å². The molecule has 0 N–H and O–H groups in total. The van der Waals surface area contributed by atoms with Crippen LogP contribution in [0.4, 0.5) is 0 Å². The number of rotatable bonds is 5. The molecule has 0 spiro atoms. The van der Waals surface area contributed by atoms with Crippen molar-refractivity contribution in [3.63, 3.8) is 0 Å². The highest BCUT2D eigenvalue weighted by atomic mass is 35.5. The van der Waals surface area contributed by atoms with Gasteiger partial charge in [-0.05, 0) is 36.6 Å². The largest absolute Gasteiger partial charge is 0.501 e. The lowest BCUT2D eigenvalue weighted by Crippen LogP contribution is -1.91. The second kappa shape index (κ2) is 6.40. The van der Waals surface area contributed by atoms with Crippen molar-refractivity contribution in [1.82, 2.24) is 9.97 Å². The van der Waals surface area contributed by atoms with E-state index >= 15 is 0 Å². The van der Waals surface area contributed by atoms with Crippen LogP contribution >= 0.6 is 11.6 Å². The Balaban J connectivity index is 2.52. The number of hydrogen-bond acceptors (Lipinski definition) is 3. The van der Waals surface area contributed by atoms with Crippen molar-refractivity contribution in [2.24, 2.45) is 0 Å². The van der Waals surface area contributed by atoms with E-state index in [0.717, 1.165) is 30.7 Å². The SMILES string of the molecule is CCCCOC=Cc1nc(Cl)ncc1C. The van der Waals surface area contributed by atoms with Crippen LogP contribution in [0.3, 0.4) is 0 Å². The number of aryl methyl sites for hydroxylation is 1. The van der Waals surface area contributed by atoms with Crippen LogP contribution in [0, 0.1) is 6.92 Å². The van der Waals surface area contributed by atoms with Gasteiger partial charge in [-0.1, -0.05) is 13.3 Å². The maximum absolute atomic E-state index is 5.68. The number of hydrogen-bond donors (Lipinski definition) is 0. The minimum Gasteiger partial charge on any atom is -0.501 e. The van der Waals surface area contributed by atoms with Crippen LogP contribution < -0.4 is 0 Å². The Labute approximate surface area is 95.2 Å². The number of nitrogens with zero attached hydrogens (tertiary/aromatic N) is 2. The minimum atomic E-state index is 0.258. The molecule has 1 aromatic rings. The summed E-state index contributed by atoms with van der Waals surface area (Å²) in [6.45, 7) is 4.80. The van der Waals surface area contributed by atoms with E-state index in [4.69, 9.17) is 16.3 Å². The van der Waals surface area contributed by atoms with Gasteiger partial charge in [0.1, 0.15) is 0 Å². The molecular formula is C11H15ClN2O. The van der Waals surface area contributed by atoms with Gasteiger partial charge in [-0.3, -0.25) is 0 Å². The fourth-order valence-electron chi connectivity index (χ4n) is 1.01. The van der Waals surface area contributed by atoms with Crippen molar-refractivity contribution < 1.29 is 4.74 Å². The highest BCUT2D eigenvalue weighted by Gasteiger charge is 1.97. The normalized spacial score (nSPS) is 10.9. The lowest BCUT2D eigenvalue weighted by Gasteiger charge is -2.00. The molecule has 0 fully saturated rings. The van der Waals surface area contributed by atoms with Crippen LogP contribution in [0.5, 0.6) is 0 Å². The van der Waals surface area contributed by atoms with Crippen molar-refractivity contribution in [2.45, 2.75) is 26.7 Å². The molecule has 3 nitrogen and oxygen atoms in total. The van der Waals surface area contributed by atoms with Gasteiger partial charge in [0.2, 0.25) is 5.28 Å². The van der Waals surface area contributed by atoms with Gasteiger partial charge in [0.25, 0.3) is 0 Å². The van der Waals surface area contributed by atoms with Crippen LogP contribution in [0.2, 0.25) is 5.28 Å². The van der Waals surface area contributed by atoms with E-state index in [1.54, 1.807) is 18.5 Å². The summed E-state index contributed by atoms with van der Waals surface area (Å²) in [6.07, 6.45) is 7.35. The Hall–Kier alpha value is -1.09. The third-order valence-electron chi connectivity index (χ3n) is 1.92. The predicted molar refractivity (Wildman–Crippen MR) is 61.7 cm³/mol. The first kappa shape index (κ1) is 12.0. The van der Waals surface area contributed by atoms with E-state index in [2.05, 4.69) is 16.9 Å². The maximum atomic E-state index is 5.68. The molecule has 15 heavy (non-hydrogen) atoms. The summed E-state index contributed by atoms with van der Waals surface area (Å²) >= 11 is 5.68. The summed E-state index contributed by atoms with van der Waals surface area (Å²) < 4.78 is 5.29. The average Bonchev–Trinajstić information content (AvgIpc) is 2.23. The van der Waals surface area contributed by atoms with Crippen LogP contribution in [-0.2, 0) is 4.74 Å². The Morgan fingerprint density at radius 2 is 2.33 bits per heavy atom. The molecule has 0 aliphatic carbocycles. The Kier molecular flexibility index (Phi) is 5.12. The van der Waals surface area contributed by atoms with Gasteiger partial charge >= 0.3 is 0 Å². The molecule has 0 radical (unpaired) electrons. The predicted octanol–water partition coefficient (Wildman–Crippen LogP) is 3.23.